The van der Waals surface area contributed by atoms with Crippen molar-refractivity contribution in [1.82, 2.24) is 4.90 Å². The highest BCUT2D eigenvalue weighted by atomic mass is 32.2. The second-order valence-corrected chi connectivity index (χ2v) is 4.68. The summed E-state index contributed by atoms with van der Waals surface area (Å²) in [6.45, 7) is 0.302. The number of carbonyl (C=O) groups is 1. The summed E-state index contributed by atoms with van der Waals surface area (Å²) < 4.78 is 11.0. The van der Waals surface area contributed by atoms with E-state index in [0.717, 1.165) is 0 Å². The number of likely N-dealkylation sites (N-methyl/N-ethyl adjacent to an activating group) is 1. The first-order valence-corrected chi connectivity index (χ1v) is 5.91. The van der Waals surface area contributed by atoms with E-state index in [9.17, 15) is 9.00 Å². The molecule has 1 unspecified atom stereocenters. The van der Waals surface area contributed by atoms with E-state index in [-0.39, 0.29) is 5.91 Å². The number of carbonyl (C=O) groups excluding carboxylic acids is 1. The lowest BCUT2D eigenvalue weighted by atomic mass is 10.3. The number of nitrogens with two attached hydrogens (primary N) is 1. The Bertz CT molecular complexity index is 407. The Labute approximate surface area is 97.2 Å². The first kappa shape index (κ1) is 12.8. The van der Waals surface area contributed by atoms with Crippen molar-refractivity contribution < 1.29 is 9.00 Å². The summed E-state index contributed by atoms with van der Waals surface area (Å²) in [7, 11) is 2.09. The van der Waals surface area contributed by atoms with Gasteiger partial charge in [0.25, 0.3) is 0 Å². The van der Waals surface area contributed by atoms with Crippen LogP contribution in [0.5, 0.6) is 0 Å². The number of amides is 1. The minimum atomic E-state index is -1.53. The fourth-order valence-corrected chi connectivity index (χ4v) is 1.64. The van der Waals surface area contributed by atoms with Gasteiger partial charge in [0.2, 0.25) is 5.91 Å². The lowest BCUT2D eigenvalue weighted by molar-refractivity contribution is -0.116. The van der Waals surface area contributed by atoms with E-state index < -0.39 is 11.0 Å². The van der Waals surface area contributed by atoms with Crippen molar-refractivity contribution in [3.05, 3.63) is 24.3 Å². The molecule has 0 fully saturated rings. The highest BCUT2D eigenvalue weighted by molar-refractivity contribution is 7.82. The quantitative estimate of drug-likeness (QED) is 0.789. The van der Waals surface area contributed by atoms with Gasteiger partial charge in [-0.15, -0.1) is 0 Å². The molecule has 1 rings (SSSR count). The summed E-state index contributed by atoms with van der Waals surface area (Å²) in [4.78, 5) is 13.7. The van der Waals surface area contributed by atoms with Crippen LogP contribution < -0.4 is 10.5 Å². The lowest BCUT2D eigenvalue weighted by Gasteiger charge is -2.10. The Hall–Kier alpha value is -1.24. The molecule has 0 bridgehead atoms. The molecule has 0 aromatic heterocycles. The molecule has 0 spiro atoms. The average Bonchev–Trinajstić information content (AvgIpc) is 2.16. The number of hydrogen-bond donors (Lipinski definition) is 2. The first-order valence-electron chi connectivity index (χ1n) is 4.70. The first-order chi connectivity index (χ1) is 7.49. The van der Waals surface area contributed by atoms with Gasteiger partial charge in [0, 0.05) is 5.69 Å². The lowest BCUT2D eigenvalue weighted by Crippen LogP contribution is -2.27. The van der Waals surface area contributed by atoms with Crippen molar-refractivity contribution in [3.63, 3.8) is 0 Å². The fourth-order valence-electron chi connectivity index (χ4n) is 1.19. The SMILES string of the molecule is CN(C)CC(=O)Nc1cccc(S(N)=O)c1. The van der Waals surface area contributed by atoms with Crippen LogP contribution in [0.25, 0.3) is 0 Å². The van der Waals surface area contributed by atoms with Gasteiger partial charge in [0.1, 0.15) is 11.0 Å². The zero-order chi connectivity index (χ0) is 12.1. The minimum absolute atomic E-state index is 0.120. The summed E-state index contributed by atoms with van der Waals surface area (Å²) >= 11 is 0. The smallest absolute Gasteiger partial charge is 0.238 e. The Balaban J connectivity index is 2.70. The van der Waals surface area contributed by atoms with Crippen LogP contribution in [0.3, 0.4) is 0 Å². The van der Waals surface area contributed by atoms with E-state index in [1.54, 1.807) is 29.2 Å². The third-order valence-corrected chi connectivity index (χ3v) is 2.53. The molecule has 16 heavy (non-hydrogen) atoms. The zero-order valence-electron chi connectivity index (χ0n) is 9.27. The monoisotopic (exact) mass is 241 g/mol. The Morgan fingerprint density at radius 1 is 1.50 bits per heavy atom. The minimum Gasteiger partial charge on any atom is -0.325 e. The second kappa shape index (κ2) is 5.74. The summed E-state index contributed by atoms with van der Waals surface area (Å²) in [6, 6.07) is 6.68. The number of hydrogen-bond acceptors (Lipinski definition) is 3. The van der Waals surface area contributed by atoms with Gasteiger partial charge in [-0.2, -0.15) is 0 Å². The molecule has 0 saturated heterocycles. The number of nitrogens with one attached hydrogen (secondary N) is 1. The standard InChI is InChI=1S/C10H15N3O2S/c1-13(2)7-10(14)12-8-4-3-5-9(6-8)16(11)15/h3-6H,7,11H2,1-2H3,(H,12,14). The Morgan fingerprint density at radius 3 is 2.75 bits per heavy atom. The largest absolute Gasteiger partial charge is 0.325 e. The van der Waals surface area contributed by atoms with Gasteiger partial charge in [-0.3, -0.25) is 4.79 Å². The maximum atomic E-state index is 11.4. The van der Waals surface area contributed by atoms with Crippen LogP contribution in [0.15, 0.2) is 29.2 Å². The Morgan fingerprint density at radius 2 is 2.19 bits per heavy atom. The molecule has 0 aliphatic heterocycles. The highest BCUT2D eigenvalue weighted by Crippen LogP contribution is 2.12. The molecular formula is C10H15N3O2S. The molecule has 5 nitrogen and oxygen atoms in total. The van der Waals surface area contributed by atoms with E-state index >= 15 is 0 Å². The van der Waals surface area contributed by atoms with Gasteiger partial charge in [-0.1, -0.05) is 6.07 Å². The van der Waals surface area contributed by atoms with Crippen LogP contribution in [-0.2, 0) is 15.8 Å². The molecule has 1 aromatic carbocycles. The van der Waals surface area contributed by atoms with E-state index in [1.165, 1.54) is 0 Å². The number of anilines is 1. The summed E-state index contributed by atoms with van der Waals surface area (Å²) in [6.07, 6.45) is 0. The van der Waals surface area contributed by atoms with Gasteiger partial charge in [-0.25, -0.2) is 9.35 Å². The maximum absolute atomic E-state index is 11.4. The van der Waals surface area contributed by atoms with Gasteiger partial charge in [0.05, 0.1) is 11.4 Å². The molecule has 0 aliphatic rings. The number of benzene rings is 1. The van der Waals surface area contributed by atoms with Gasteiger partial charge in [0.15, 0.2) is 0 Å². The van der Waals surface area contributed by atoms with E-state index in [0.29, 0.717) is 17.1 Å². The van der Waals surface area contributed by atoms with Crippen molar-refractivity contribution >= 4 is 22.6 Å². The van der Waals surface area contributed by atoms with Crippen molar-refractivity contribution in [2.75, 3.05) is 26.0 Å². The third kappa shape index (κ3) is 4.09. The predicted octanol–water partition coefficient (Wildman–Crippen LogP) is 0.168. The number of nitrogens with zero attached hydrogens (tertiary/aromatic N) is 1. The van der Waals surface area contributed by atoms with Crippen molar-refractivity contribution in [3.8, 4) is 0 Å². The average molecular weight is 241 g/mol. The molecule has 1 amide bonds. The Kier molecular flexibility index (Phi) is 4.60. The fraction of sp³-hybridized carbons (Fsp3) is 0.300. The molecule has 3 N–H and O–H groups in total. The molecule has 0 heterocycles. The van der Waals surface area contributed by atoms with Crippen LogP contribution in [0, 0.1) is 0 Å². The summed E-state index contributed by atoms with van der Waals surface area (Å²) in [5.74, 6) is -0.120. The molecule has 1 atom stereocenters. The predicted molar refractivity (Wildman–Crippen MR) is 64.2 cm³/mol. The van der Waals surface area contributed by atoms with Gasteiger partial charge < -0.3 is 10.2 Å². The normalized spacial score (nSPS) is 12.5. The second-order valence-electron chi connectivity index (χ2n) is 3.61. The van der Waals surface area contributed by atoms with Crippen LogP contribution in [0.2, 0.25) is 0 Å². The van der Waals surface area contributed by atoms with Crippen LogP contribution in [0.1, 0.15) is 0 Å². The van der Waals surface area contributed by atoms with Crippen molar-refractivity contribution in [1.29, 1.82) is 0 Å². The van der Waals surface area contributed by atoms with Crippen LogP contribution in [0.4, 0.5) is 5.69 Å². The van der Waals surface area contributed by atoms with Gasteiger partial charge in [-0.05, 0) is 32.3 Å². The molecule has 0 radical (unpaired) electrons. The topological polar surface area (TPSA) is 75.4 Å². The zero-order valence-corrected chi connectivity index (χ0v) is 10.1. The van der Waals surface area contributed by atoms with E-state index in [1.807, 2.05) is 14.1 Å². The third-order valence-electron chi connectivity index (χ3n) is 1.81. The van der Waals surface area contributed by atoms with Crippen molar-refractivity contribution in [2.45, 2.75) is 4.90 Å². The highest BCUT2D eigenvalue weighted by Gasteiger charge is 2.05. The van der Waals surface area contributed by atoms with E-state index in [2.05, 4.69) is 5.32 Å². The molecule has 1 aromatic rings. The molecule has 0 aliphatic carbocycles. The molecule has 88 valence electrons. The van der Waals surface area contributed by atoms with Crippen molar-refractivity contribution in [2.24, 2.45) is 5.14 Å². The number of rotatable bonds is 4. The summed E-state index contributed by atoms with van der Waals surface area (Å²) in [5, 5.41) is 7.94. The van der Waals surface area contributed by atoms with Gasteiger partial charge >= 0.3 is 0 Å². The summed E-state index contributed by atoms with van der Waals surface area (Å²) in [5.41, 5.74) is 0.600. The van der Waals surface area contributed by atoms with Crippen LogP contribution in [-0.4, -0.2) is 35.7 Å². The van der Waals surface area contributed by atoms with Crippen LogP contribution >= 0.6 is 0 Å². The maximum Gasteiger partial charge on any atom is 0.238 e. The molecular weight excluding hydrogens is 226 g/mol. The molecule has 0 saturated carbocycles. The van der Waals surface area contributed by atoms with E-state index in [4.69, 9.17) is 5.14 Å². The molecule has 6 heteroatoms.